The van der Waals surface area contributed by atoms with E-state index in [1.807, 2.05) is 0 Å². The SMILES string of the molecule is O=C(O)/C(CC1CO1)=C(/CC1CO1)C(=O)O. The van der Waals surface area contributed by atoms with Gasteiger partial charge < -0.3 is 19.7 Å². The van der Waals surface area contributed by atoms with Gasteiger partial charge in [0.25, 0.3) is 0 Å². The smallest absolute Gasteiger partial charge is 0.332 e. The molecule has 0 aliphatic carbocycles. The lowest BCUT2D eigenvalue weighted by atomic mass is 9.99. The van der Waals surface area contributed by atoms with Crippen LogP contribution in [0.1, 0.15) is 12.8 Å². The lowest BCUT2D eigenvalue weighted by molar-refractivity contribution is -0.136. The molecule has 2 heterocycles. The topological polar surface area (TPSA) is 99.7 Å². The molecule has 2 unspecified atom stereocenters. The van der Waals surface area contributed by atoms with Crippen molar-refractivity contribution in [1.29, 1.82) is 0 Å². The molecule has 2 rings (SSSR count). The fourth-order valence-corrected chi connectivity index (χ4v) is 1.51. The molecule has 6 heteroatoms. The van der Waals surface area contributed by atoms with E-state index < -0.39 is 11.9 Å². The fourth-order valence-electron chi connectivity index (χ4n) is 1.51. The second-order valence-corrected chi connectivity index (χ2v) is 3.89. The van der Waals surface area contributed by atoms with Crippen molar-refractivity contribution in [2.45, 2.75) is 25.0 Å². The molecular formula is C10H12O6. The number of carboxylic acid groups (broad SMARTS) is 2. The molecule has 6 nitrogen and oxygen atoms in total. The second-order valence-electron chi connectivity index (χ2n) is 3.89. The van der Waals surface area contributed by atoms with Crippen LogP contribution in [0.15, 0.2) is 11.1 Å². The number of aliphatic carboxylic acids is 2. The highest BCUT2D eigenvalue weighted by Gasteiger charge is 2.33. The maximum Gasteiger partial charge on any atom is 0.332 e. The van der Waals surface area contributed by atoms with Crippen LogP contribution in [0.25, 0.3) is 0 Å². The minimum absolute atomic E-state index is 0.0644. The molecular weight excluding hydrogens is 216 g/mol. The van der Waals surface area contributed by atoms with Gasteiger partial charge in [-0.3, -0.25) is 0 Å². The summed E-state index contributed by atoms with van der Waals surface area (Å²) in [5.41, 5.74) is -0.129. The van der Waals surface area contributed by atoms with Crippen molar-refractivity contribution >= 4 is 11.9 Å². The summed E-state index contributed by atoms with van der Waals surface area (Å²) >= 11 is 0. The molecule has 2 aliphatic rings. The summed E-state index contributed by atoms with van der Waals surface area (Å²) in [7, 11) is 0. The minimum atomic E-state index is -1.19. The summed E-state index contributed by atoms with van der Waals surface area (Å²) in [5, 5.41) is 18.0. The average molecular weight is 228 g/mol. The molecule has 16 heavy (non-hydrogen) atoms. The van der Waals surface area contributed by atoms with Gasteiger partial charge in [0.05, 0.1) is 36.6 Å². The van der Waals surface area contributed by atoms with E-state index in [1.54, 1.807) is 0 Å². The fraction of sp³-hybridized carbons (Fsp3) is 0.600. The third-order valence-electron chi connectivity index (χ3n) is 2.55. The number of carboxylic acids is 2. The van der Waals surface area contributed by atoms with Crippen LogP contribution < -0.4 is 0 Å². The quantitative estimate of drug-likeness (QED) is 0.491. The standard InChI is InChI=1S/C10H12O6/c11-9(12)7(1-5-3-15-5)8(10(13)14)2-6-4-16-6/h5-6H,1-4H2,(H,11,12)(H,13,14)/b8-7-. The van der Waals surface area contributed by atoms with Crippen molar-refractivity contribution < 1.29 is 29.3 Å². The maximum absolute atomic E-state index is 11.0. The number of epoxide rings is 2. The van der Waals surface area contributed by atoms with E-state index >= 15 is 0 Å². The first kappa shape index (κ1) is 11.1. The summed E-state index contributed by atoms with van der Waals surface area (Å²) in [6, 6.07) is 0. The van der Waals surface area contributed by atoms with E-state index in [0.29, 0.717) is 13.2 Å². The largest absolute Gasteiger partial charge is 0.478 e. The van der Waals surface area contributed by atoms with Crippen LogP contribution in [0.2, 0.25) is 0 Å². The molecule has 88 valence electrons. The Morgan fingerprint density at radius 3 is 1.44 bits per heavy atom. The van der Waals surface area contributed by atoms with Crippen molar-refractivity contribution in [2.24, 2.45) is 0 Å². The van der Waals surface area contributed by atoms with Gasteiger partial charge in [-0.2, -0.15) is 0 Å². The van der Waals surface area contributed by atoms with Gasteiger partial charge in [-0.1, -0.05) is 0 Å². The predicted molar refractivity (Wildman–Crippen MR) is 51.0 cm³/mol. The van der Waals surface area contributed by atoms with Crippen LogP contribution in [0.3, 0.4) is 0 Å². The molecule has 2 fully saturated rings. The van der Waals surface area contributed by atoms with E-state index in [9.17, 15) is 9.59 Å². The summed E-state index contributed by atoms with van der Waals surface area (Å²) in [4.78, 5) is 22.0. The van der Waals surface area contributed by atoms with Gasteiger partial charge in [-0.05, 0) is 0 Å². The normalized spacial score (nSPS) is 28.2. The summed E-state index contributed by atoms with van der Waals surface area (Å²) < 4.78 is 9.84. The van der Waals surface area contributed by atoms with Gasteiger partial charge in [-0.25, -0.2) is 9.59 Å². The molecule has 2 N–H and O–H groups in total. The number of rotatable bonds is 6. The highest BCUT2D eigenvalue weighted by molar-refractivity contribution is 5.98. The van der Waals surface area contributed by atoms with E-state index in [1.165, 1.54) is 0 Å². The molecule has 0 aromatic carbocycles. The molecule has 2 saturated heterocycles. The van der Waals surface area contributed by atoms with Gasteiger partial charge in [0.2, 0.25) is 0 Å². The average Bonchev–Trinajstić information content (AvgIpc) is 3.05. The van der Waals surface area contributed by atoms with Crippen molar-refractivity contribution in [3.8, 4) is 0 Å². The van der Waals surface area contributed by atoms with Crippen molar-refractivity contribution in [3.05, 3.63) is 11.1 Å². The molecule has 2 atom stereocenters. The molecule has 0 spiro atoms. The Morgan fingerprint density at radius 1 is 0.938 bits per heavy atom. The van der Waals surface area contributed by atoms with Crippen molar-refractivity contribution in [2.75, 3.05) is 13.2 Å². The Hall–Kier alpha value is -1.40. The van der Waals surface area contributed by atoms with Gasteiger partial charge in [0.15, 0.2) is 0 Å². The summed E-state index contributed by atoms with van der Waals surface area (Å²) in [6.45, 7) is 1.01. The molecule has 0 bridgehead atoms. The summed E-state index contributed by atoms with van der Waals surface area (Å²) in [5.74, 6) is -2.37. The van der Waals surface area contributed by atoms with E-state index in [4.69, 9.17) is 19.7 Å². The molecule has 0 aromatic heterocycles. The zero-order chi connectivity index (χ0) is 11.7. The lowest BCUT2D eigenvalue weighted by Crippen LogP contribution is -2.14. The van der Waals surface area contributed by atoms with Crippen LogP contribution in [-0.4, -0.2) is 47.6 Å². The van der Waals surface area contributed by atoms with Crippen LogP contribution >= 0.6 is 0 Å². The number of hydrogen-bond donors (Lipinski definition) is 2. The van der Waals surface area contributed by atoms with Gasteiger partial charge >= 0.3 is 11.9 Å². The first-order chi connectivity index (χ1) is 7.58. The van der Waals surface area contributed by atoms with Crippen LogP contribution in [0, 0.1) is 0 Å². The van der Waals surface area contributed by atoms with Gasteiger partial charge in [-0.15, -0.1) is 0 Å². The lowest BCUT2D eigenvalue weighted by Gasteiger charge is -2.06. The highest BCUT2D eigenvalue weighted by atomic mass is 16.6. The third kappa shape index (κ3) is 2.80. The molecule has 0 radical (unpaired) electrons. The highest BCUT2D eigenvalue weighted by Crippen LogP contribution is 2.27. The molecule has 0 amide bonds. The minimum Gasteiger partial charge on any atom is -0.478 e. The Labute approximate surface area is 91.5 Å². The predicted octanol–water partition coefficient (Wildman–Crippen LogP) is 0.0300. The van der Waals surface area contributed by atoms with Crippen LogP contribution in [-0.2, 0) is 19.1 Å². The summed E-state index contributed by atoms with van der Waals surface area (Å²) in [6.07, 6.45) is 0.0362. The second kappa shape index (κ2) is 4.23. The number of carbonyl (C=O) groups is 2. The zero-order valence-corrected chi connectivity index (χ0v) is 8.51. The first-order valence-corrected chi connectivity index (χ1v) is 4.99. The molecule has 0 aromatic rings. The van der Waals surface area contributed by atoms with Crippen molar-refractivity contribution in [3.63, 3.8) is 0 Å². The zero-order valence-electron chi connectivity index (χ0n) is 8.51. The number of hydrogen-bond acceptors (Lipinski definition) is 4. The Bertz CT molecular complexity index is 316. The molecule has 0 saturated carbocycles. The Morgan fingerprint density at radius 2 is 1.25 bits per heavy atom. The van der Waals surface area contributed by atoms with Crippen LogP contribution in [0.4, 0.5) is 0 Å². The van der Waals surface area contributed by atoms with E-state index in [2.05, 4.69) is 0 Å². The van der Waals surface area contributed by atoms with E-state index in [0.717, 1.165) is 0 Å². The number of ether oxygens (including phenoxy) is 2. The Kier molecular flexibility index (Phi) is 2.93. The van der Waals surface area contributed by atoms with Crippen LogP contribution in [0.5, 0.6) is 0 Å². The molecule has 2 aliphatic heterocycles. The van der Waals surface area contributed by atoms with Gasteiger partial charge in [0, 0.05) is 12.8 Å². The Balaban J connectivity index is 2.17. The monoisotopic (exact) mass is 228 g/mol. The maximum atomic E-state index is 11.0. The van der Waals surface area contributed by atoms with Crippen molar-refractivity contribution in [1.82, 2.24) is 0 Å². The van der Waals surface area contributed by atoms with E-state index in [-0.39, 0.29) is 36.2 Å². The first-order valence-electron chi connectivity index (χ1n) is 4.99. The van der Waals surface area contributed by atoms with Gasteiger partial charge in [0.1, 0.15) is 0 Å². The third-order valence-corrected chi connectivity index (χ3v) is 2.55.